The second kappa shape index (κ2) is 12.2. The molecule has 1 aliphatic heterocycles. The van der Waals surface area contributed by atoms with Crippen LogP contribution < -0.4 is 10.6 Å². The fraction of sp³-hybridized carbons (Fsp3) is 0.542. The van der Waals surface area contributed by atoms with Gasteiger partial charge in [0.15, 0.2) is 0 Å². The number of carbonyl (C=O) groups is 3. The van der Waals surface area contributed by atoms with Gasteiger partial charge in [-0.2, -0.15) is 0 Å². The van der Waals surface area contributed by atoms with E-state index in [0.29, 0.717) is 45.6 Å². The van der Waals surface area contributed by atoms with Gasteiger partial charge in [0.1, 0.15) is 6.10 Å². The van der Waals surface area contributed by atoms with Crippen molar-refractivity contribution < 1.29 is 19.1 Å². The van der Waals surface area contributed by atoms with Crippen LogP contribution in [0.15, 0.2) is 42.0 Å². The molecule has 0 spiro atoms. The first kappa shape index (κ1) is 23.0. The predicted molar refractivity (Wildman–Crippen MR) is 118 cm³/mol. The minimum Gasteiger partial charge on any atom is -0.370 e. The van der Waals surface area contributed by atoms with Crippen LogP contribution in [0.25, 0.3) is 0 Å². The zero-order chi connectivity index (χ0) is 21.9. The molecule has 168 valence electrons. The molecule has 1 aromatic carbocycles. The largest absolute Gasteiger partial charge is 0.370 e. The van der Waals surface area contributed by atoms with Crippen LogP contribution >= 0.6 is 0 Å². The van der Waals surface area contributed by atoms with Crippen molar-refractivity contribution in [3.05, 3.63) is 47.5 Å². The summed E-state index contributed by atoms with van der Waals surface area (Å²) in [6.07, 6.45) is 8.41. The van der Waals surface area contributed by atoms with E-state index in [0.717, 1.165) is 24.8 Å². The van der Waals surface area contributed by atoms with Crippen LogP contribution in [0.3, 0.4) is 0 Å². The molecule has 1 unspecified atom stereocenters. The molecule has 1 saturated heterocycles. The van der Waals surface area contributed by atoms with Gasteiger partial charge in [-0.3, -0.25) is 14.4 Å². The number of allylic oxidation sites excluding steroid dienone is 1. The van der Waals surface area contributed by atoms with Crippen molar-refractivity contribution in [1.29, 1.82) is 0 Å². The Hall–Kier alpha value is -2.67. The number of ether oxygens (including phenoxy) is 1. The highest BCUT2D eigenvalue weighted by atomic mass is 16.5. The minimum absolute atomic E-state index is 0.0451. The average molecular weight is 428 g/mol. The highest BCUT2D eigenvalue weighted by Crippen LogP contribution is 2.22. The number of carbonyl (C=O) groups excluding carboxylic acids is 3. The van der Waals surface area contributed by atoms with Gasteiger partial charge in [-0.05, 0) is 44.1 Å². The molecule has 7 nitrogen and oxygen atoms in total. The Balaban J connectivity index is 1.29. The van der Waals surface area contributed by atoms with E-state index < -0.39 is 11.8 Å². The van der Waals surface area contributed by atoms with E-state index in [9.17, 15) is 14.4 Å². The molecule has 1 aromatic rings. The van der Waals surface area contributed by atoms with Gasteiger partial charge in [0, 0.05) is 26.1 Å². The maximum Gasteiger partial charge on any atom is 0.309 e. The molecular weight excluding hydrogens is 394 g/mol. The lowest BCUT2D eigenvalue weighted by Gasteiger charge is -2.33. The molecule has 1 heterocycles. The van der Waals surface area contributed by atoms with Crippen molar-refractivity contribution >= 4 is 17.7 Å². The molecule has 2 aliphatic rings. The standard InChI is InChI=1S/C24H33N3O4/c28-22(27-16-17-31-21(18-27)20-10-5-2-6-11-20)12-7-14-25-23(29)24(30)26-15-13-19-8-3-1-4-9-19/h2,5-6,8,10-11,21H,1,3-4,7,9,12-18H2,(H,25,29)(H,26,30). The van der Waals surface area contributed by atoms with Gasteiger partial charge in [0.05, 0.1) is 13.2 Å². The summed E-state index contributed by atoms with van der Waals surface area (Å²) in [6.45, 7) is 2.41. The van der Waals surface area contributed by atoms with Crippen LogP contribution in [-0.4, -0.2) is 55.4 Å². The summed E-state index contributed by atoms with van der Waals surface area (Å²) in [5, 5.41) is 5.27. The smallest absolute Gasteiger partial charge is 0.309 e. The van der Waals surface area contributed by atoms with Gasteiger partial charge in [0.2, 0.25) is 5.91 Å². The highest BCUT2D eigenvalue weighted by Gasteiger charge is 2.25. The molecule has 2 N–H and O–H groups in total. The van der Waals surface area contributed by atoms with Crippen LogP contribution in [0.2, 0.25) is 0 Å². The second-order valence-corrected chi connectivity index (χ2v) is 8.08. The van der Waals surface area contributed by atoms with E-state index in [1.807, 2.05) is 35.2 Å². The number of nitrogens with zero attached hydrogens (tertiary/aromatic N) is 1. The SMILES string of the molecule is O=C(NCCCC(=O)N1CCOC(c2ccccc2)C1)C(=O)NCCC1=CCCCC1. The number of rotatable bonds is 8. The molecule has 3 rings (SSSR count). The van der Waals surface area contributed by atoms with Gasteiger partial charge in [-0.1, -0.05) is 42.0 Å². The van der Waals surface area contributed by atoms with Crippen molar-refractivity contribution in [3.63, 3.8) is 0 Å². The molecule has 7 heteroatoms. The van der Waals surface area contributed by atoms with Gasteiger partial charge < -0.3 is 20.3 Å². The van der Waals surface area contributed by atoms with Crippen LogP contribution in [-0.2, 0) is 19.1 Å². The summed E-state index contributed by atoms with van der Waals surface area (Å²) < 4.78 is 5.80. The predicted octanol–water partition coefficient (Wildman–Crippen LogP) is 2.49. The zero-order valence-electron chi connectivity index (χ0n) is 18.1. The normalized spacial score (nSPS) is 18.8. The van der Waals surface area contributed by atoms with Gasteiger partial charge in [-0.15, -0.1) is 0 Å². The number of benzene rings is 1. The lowest BCUT2D eigenvalue weighted by atomic mass is 9.97. The molecular formula is C24H33N3O4. The molecule has 3 amide bonds. The van der Waals surface area contributed by atoms with Crippen molar-refractivity contribution in [2.45, 2.75) is 51.0 Å². The van der Waals surface area contributed by atoms with Crippen molar-refractivity contribution in [2.75, 3.05) is 32.8 Å². The topological polar surface area (TPSA) is 87.7 Å². The Kier molecular flexibility index (Phi) is 9.09. The highest BCUT2D eigenvalue weighted by molar-refractivity contribution is 6.35. The monoisotopic (exact) mass is 427 g/mol. The van der Waals surface area contributed by atoms with E-state index >= 15 is 0 Å². The average Bonchev–Trinajstić information content (AvgIpc) is 2.82. The summed E-state index contributed by atoms with van der Waals surface area (Å²) in [5.41, 5.74) is 2.43. The van der Waals surface area contributed by atoms with Crippen LogP contribution in [0.1, 0.15) is 56.6 Å². The molecule has 1 atom stereocenters. The first-order valence-corrected chi connectivity index (χ1v) is 11.3. The fourth-order valence-electron chi connectivity index (χ4n) is 3.97. The molecule has 1 fully saturated rings. The third-order valence-corrected chi connectivity index (χ3v) is 5.77. The second-order valence-electron chi connectivity index (χ2n) is 8.08. The number of amides is 3. The van der Waals surface area contributed by atoms with E-state index in [-0.39, 0.29) is 12.0 Å². The summed E-state index contributed by atoms with van der Waals surface area (Å²) in [5.74, 6) is -1.20. The van der Waals surface area contributed by atoms with E-state index in [1.165, 1.54) is 18.4 Å². The van der Waals surface area contributed by atoms with Crippen molar-refractivity contribution in [2.24, 2.45) is 0 Å². The first-order valence-electron chi connectivity index (χ1n) is 11.3. The number of hydrogen-bond donors (Lipinski definition) is 2. The summed E-state index contributed by atoms with van der Waals surface area (Å²) >= 11 is 0. The molecule has 0 radical (unpaired) electrons. The number of morpholine rings is 1. The van der Waals surface area contributed by atoms with Gasteiger partial charge in [0.25, 0.3) is 0 Å². The number of nitrogens with one attached hydrogen (secondary N) is 2. The molecule has 0 aromatic heterocycles. The Morgan fingerprint density at radius 1 is 1.03 bits per heavy atom. The zero-order valence-corrected chi connectivity index (χ0v) is 18.1. The number of hydrogen-bond acceptors (Lipinski definition) is 4. The summed E-state index contributed by atoms with van der Waals surface area (Å²) in [6, 6.07) is 9.89. The van der Waals surface area contributed by atoms with Crippen LogP contribution in [0.5, 0.6) is 0 Å². The quantitative estimate of drug-likeness (QED) is 0.379. The third-order valence-electron chi connectivity index (χ3n) is 5.77. The maximum absolute atomic E-state index is 12.5. The minimum atomic E-state index is -0.638. The molecule has 1 aliphatic carbocycles. The van der Waals surface area contributed by atoms with Crippen LogP contribution in [0.4, 0.5) is 0 Å². The summed E-state index contributed by atoms with van der Waals surface area (Å²) in [7, 11) is 0. The lowest BCUT2D eigenvalue weighted by molar-refractivity contribution is -0.140. The maximum atomic E-state index is 12.5. The Morgan fingerprint density at radius 2 is 1.81 bits per heavy atom. The van der Waals surface area contributed by atoms with E-state index in [2.05, 4.69) is 16.7 Å². The van der Waals surface area contributed by atoms with Crippen molar-refractivity contribution in [3.8, 4) is 0 Å². The van der Waals surface area contributed by atoms with Crippen LogP contribution in [0, 0.1) is 0 Å². The molecule has 31 heavy (non-hydrogen) atoms. The summed E-state index contributed by atoms with van der Waals surface area (Å²) in [4.78, 5) is 38.2. The lowest BCUT2D eigenvalue weighted by Crippen LogP contribution is -2.43. The third kappa shape index (κ3) is 7.51. The Bertz CT molecular complexity index is 778. The molecule has 0 saturated carbocycles. The van der Waals surface area contributed by atoms with Gasteiger partial charge in [-0.25, -0.2) is 0 Å². The van der Waals surface area contributed by atoms with Gasteiger partial charge >= 0.3 is 11.8 Å². The van der Waals surface area contributed by atoms with E-state index in [1.54, 1.807) is 0 Å². The van der Waals surface area contributed by atoms with Crippen molar-refractivity contribution in [1.82, 2.24) is 15.5 Å². The van der Waals surface area contributed by atoms with E-state index in [4.69, 9.17) is 4.74 Å². The first-order chi connectivity index (χ1) is 15.1. The Labute approximate surface area is 184 Å². The Morgan fingerprint density at radius 3 is 2.55 bits per heavy atom. The molecule has 0 bridgehead atoms. The fourth-order valence-corrected chi connectivity index (χ4v) is 3.97.